The minimum atomic E-state index is -0.431. The fourth-order valence-corrected chi connectivity index (χ4v) is 0.715. The van der Waals surface area contributed by atoms with Gasteiger partial charge in [0.25, 0.3) is 0 Å². The number of nitrogens with zero attached hydrogens (tertiary/aromatic N) is 1. The first-order valence-electron chi connectivity index (χ1n) is 3.08. The largest absolute Gasteiger partial charge is 0.316 e. The van der Waals surface area contributed by atoms with Crippen LogP contribution in [0.1, 0.15) is 5.56 Å². The van der Waals surface area contributed by atoms with Crippen LogP contribution in [-0.4, -0.2) is 12.0 Å². The summed E-state index contributed by atoms with van der Waals surface area (Å²) < 4.78 is 12.2. The zero-order valence-electron chi connectivity index (χ0n) is 6.17. The highest BCUT2D eigenvalue weighted by atomic mass is 35.5. The Morgan fingerprint density at radius 3 is 2.73 bits per heavy atom. The molecule has 0 fully saturated rings. The van der Waals surface area contributed by atoms with Gasteiger partial charge in [0.2, 0.25) is 5.95 Å². The molecule has 0 saturated carbocycles. The maximum absolute atomic E-state index is 12.2. The van der Waals surface area contributed by atoms with E-state index in [0.717, 1.165) is 12.1 Å². The van der Waals surface area contributed by atoms with Crippen molar-refractivity contribution in [3.05, 3.63) is 29.8 Å². The van der Waals surface area contributed by atoms with Crippen LogP contribution in [0.25, 0.3) is 0 Å². The van der Waals surface area contributed by atoms with Crippen LogP contribution in [-0.2, 0) is 6.54 Å². The molecule has 1 heterocycles. The molecule has 62 valence electrons. The molecule has 0 bridgehead atoms. The molecule has 0 atom stereocenters. The average molecular weight is 177 g/mol. The predicted octanol–water partition coefficient (Wildman–Crippen LogP) is 1.36. The van der Waals surface area contributed by atoms with Crippen molar-refractivity contribution in [2.24, 2.45) is 0 Å². The van der Waals surface area contributed by atoms with Crippen LogP contribution in [0.3, 0.4) is 0 Å². The molecule has 0 unspecified atom stereocenters. The van der Waals surface area contributed by atoms with Crippen molar-refractivity contribution in [1.82, 2.24) is 10.3 Å². The Bertz CT molecular complexity index is 200. The third kappa shape index (κ3) is 3.30. The van der Waals surface area contributed by atoms with Gasteiger partial charge in [-0.3, -0.25) is 0 Å². The van der Waals surface area contributed by atoms with Crippen molar-refractivity contribution in [3.8, 4) is 0 Å². The molecule has 11 heavy (non-hydrogen) atoms. The molecule has 0 saturated heterocycles. The van der Waals surface area contributed by atoms with Crippen LogP contribution in [0.15, 0.2) is 18.3 Å². The van der Waals surface area contributed by atoms with E-state index in [-0.39, 0.29) is 12.4 Å². The van der Waals surface area contributed by atoms with Crippen LogP contribution in [0, 0.1) is 5.95 Å². The molecule has 0 aliphatic rings. The SMILES string of the molecule is CNCc1ccc(F)nc1.Cl. The van der Waals surface area contributed by atoms with Gasteiger partial charge in [-0.25, -0.2) is 4.98 Å². The third-order valence-corrected chi connectivity index (χ3v) is 1.17. The first-order chi connectivity index (χ1) is 4.83. The second kappa shape index (κ2) is 5.04. The highest BCUT2D eigenvalue weighted by molar-refractivity contribution is 5.85. The number of hydrogen-bond donors (Lipinski definition) is 1. The van der Waals surface area contributed by atoms with Gasteiger partial charge in [-0.2, -0.15) is 4.39 Å². The zero-order chi connectivity index (χ0) is 7.40. The normalized spacial score (nSPS) is 8.91. The van der Waals surface area contributed by atoms with Crippen LogP contribution < -0.4 is 5.32 Å². The van der Waals surface area contributed by atoms with E-state index < -0.39 is 5.95 Å². The smallest absolute Gasteiger partial charge is 0.212 e. The highest BCUT2D eigenvalue weighted by Crippen LogP contribution is 1.97. The van der Waals surface area contributed by atoms with Crippen LogP contribution in [0.4, 0.5) is 4.39 Å². The number of pyridine rings is 1. The summed E-state index contributed by atoms with van der Waals surface area (Å²) in [5.74, 6) is -0.431. The fourth-order valence-electron chi connectivity index (χ4n) is 0.715. The second-order valence-corrected chi connectivity index (χ2v) is 2.02. The summed E-state index contributed by atoms with van der Waals surface area (Å²) in [6, 6.07) is 3.06. The van der Waals surface area contributed by atoms with Gasteiger partial charge in [0.15, 0.2) is 0 Å². The summed E-state index contributed by atoms with van der Waals surface area (Å²) in [6.45, 7) is 0.729. The molecule has 2 nitrogen and oxygen atoms in total. The lowest BCUT2D eigenvalue weighted by Gasteiger charge is -1.96. The number of nitrogens with one attached hydrogen (secondary N) is 1. The van der Waals surface area contributed by atoms with E-state index in [2.05, 4.69) is 10.3 Å². The molecule has 0 radical (unpaired) electrons. The number of hydrogen-bond acceptors (Lipinski definition) is 2. The van der Waals surface area contributed by atoms with E-state index in [1.807, 2.05) is 7.05 Å². The monoisotopic (exact) mass is 176 g/mol. The quantitative estimate of drug-likeness (QED) is 0.689. The molecule has 1 N–H and O–H groups in total. The van der Waals surface area contributed by atoms with Gasteiger partial charge >= 0.3 is 0 Å². The molecule has 1 aromatic rings. The molecule has 1 rings (SSSR count). The Labute approximate surface area is 71.2 Å². The molecule has 0 aliphatic carbocycles. The summed E-state index contributed by atoms with van der Waals surface area (Å²) in [5, 5.41) is 2.94. The Morgan fingerprint density at radius 2 is 2.27 bits per heavy atom. The number of aromatic nitrogens is 1. The van der Waals surface area contributed by atoms with Crippen molar-refractivity contribution in [2.45, 2.75) is 6.54 Å². The summed E-state index contributed by atoms with van der Waals surface area (Å²) >= 11 is 0. The summed E-state index contributed by atoms with van der Waals surface area (Å²) in [7, 11) is 1.84. The standard InChI is InChI=1S/C7H9FN2.ClH/c1-9-4-6-2-3-7(8)10-5-6;/h2-3,5,9H,4H2,1H3;1H. The molecule has 1 aromatic heterocycles. The van der Waals surface area contributed by atoms with Gasteiger partial charge in [-0.15, -0.1) is 12.4 Å². The van der Waals surface area contributed by atoms with Crippen molar-refractivity contribution in [3.63, 3.8) is 0 Å². The van der Waals surface area contributed by atoms with Gasteiger partial charge in [0.1, 0.15) is 0 Å². The fraction of sp³-hybridized carbons (Fsp3) is 0.286. The Morgan fingerprint density at radius 1 is 1.55 bits per heavy atom. The molecule has 0 spiro atoms. The highest BCUT2D eigenvalue weighted by Gasteiger charge is 1.91. The minimum Gasteiger partial charge on any atom is -0.316 e. The van der Waals surface area contributed by atoms with Gasteiger partial charge in [-0.1, -0.05) is 6.07 Å². The Balaban J connectivity index is 0.000001000. The van der Waals surface area contributed by atoms with E-state index in [1.165, 1.54) is 12.3 Å². The van der Waals surface area contributed by atoms with Crippen molar-refractivity contribution < 1.29 is 4.39 Å². The maximum Gasteiger partial charge on any atom is 0.212 e. The lowest BCUT2D eigenvalue weighted by Crippen LogP contribution is -2.05. The maximum atomic E-state index is 12.2. The predicted molar refractivity (Wildman–Crippen MR) is 44.2 cm³/mol. The second-order valence-electron chi connectivity index (χ2n) is 2.02. The van der Waals surface area contributed by atoms with Crippen LogP contribution >= 0.6 is 12.4 Å². The molecule has 0 aromatic carbocycles. The van der Waals surface area contributed by atoms with E-state index in [0.29, 0.717) is 0 Å². The summed E-state index contributed by atoms with van der Waals surface area (Å²) in [5.41, 5.74) is 0.990. The molecule has 4 heteroatoms. The lowest BCUT2D eigenvalue weighted by atomic mass is 10.3. The van der Waals surface area contributed by atoms with E-state index in [1.54, 1.807) is 6.07 Å². The zero-order valence-corrected chi connectivity index (χ0v) is 6.99. The van der Waals surface area contributed by atoms with E-state index >= 15 is 0 Å². The van der Waals surface area contributed by atoms with Crippen molar-refractivity contribution in [2.75, 3.05) is 7.05 Å². The molecular weight excluding hydrogens is 167 g/mol. The van der Waals surface area contributed by atoms with Crippen molar-refractivity contribution in [1.29, 1.82) is 0 Å². The summed E-state index contributed by atoms with van der Waals surface area (Å²) in [4.78, 5) is 3.49. The van der Waals surface area contributed by atoms with Gasteiger partial charge in [0, 0.05) is 12.7 Å². The molecule has 0 aliphatic heterocycles. The number of rotatable bonds is 2. The first-order valence-corrected chi connectivity index (χ1v) is 3.08. The Kier molecular flexibility index (Phi) is 4.74. The Hall–Kier alpha value is -0.670. The lowest BCUT2D eigenvalue weighted by molar-refractivity contribution is 0.581. The minimum absolute atomic E-state index is 0. The third-order valence-electron chi connectivity index (χ3n) is 1.17. The number of halogens is 2. The first kappa shape index (κ1) is 10.3. The van der Waals surface area contributed by atoms with Gasteiger partial charge < -0.3 is 5.32 Å². The van der Waals surface area contributed by atoms with E-state index in [9.17, 15) is 4.39 Å². The van der Waals surface area contributed by atoms with Crippen LogP contribution in [0.2, 0.25) is 0 Å². The molecular formula is C7H10ClFN2. The summed E-state index contributed by atoms with van der Waals surface area (Å²) in [6.07, 6.45) is 1.52. The molecule has 0 amide bonds. The van der Waals surface area contributed by atoms with E-state index in [4.69, 9.17) is 0 Å². The van der Waals surface area contributed by atoms with Gasteiger partial charge in [-0.05, 0) is 18.7 Å². The van der Waals surface area contributed by atoms with Gasteiger partial charge in [0.05, 0.1) is 0 Å². The van der Waals surface area contributed by atoms with Crippen molar-refractivity contribution >= 4 is 12.4 Å². The van der Waals surface area contributed by atoms with Crippen LogP contribution in [0.5, 0.6) is 0 Å². The topological polar surface area (TPSA) is 24.9 Å². The average Bonchev–Trinajstić information content (AvgIpc) is 1.95.